The highest BCUT2D eigenvalue weighted by Gasteiger charge is 2.26. The van der Waals surface area contributed by atoms with Crippen molar-refractivity contribution in [3.05, 3.63) is 22.4 Å². The molecule has 0 spiro atoms. The van der Waals surface area contributed by atoms with Gasteiger partial charge in [0.15, 0.2) is 0 Å². The van der Waals surface area contributed by atoms with E-state index in [9.17, 15) is 4.79 Å². The second kappa shape index (κ2) is 6.90. The molecule has 0 radical (unpaired) electrons. The van der Waals surface area contributed by atoms with E-state index in [-0.39, 0.29) is 11.9 Å². The van der Waals surface area contributed by atoms with Crippen molar-refractivity contribution < 1.29 is 9.53 Å². The van der Waals surface area contributed by atoms with Gasteiger partial charge in [-0.1, -0.05) is 6.07 Å². The lowest BCUT2D eigenvalue weighted by Gasteiger charge is -2.27. The lowest BCUT2D eigenvalue weighted by molar-refractivity contribution is -0.146. The number of esters is 1. The molecule has 0 aliphatic heterocycles. The third-order valence-corrected chi connectivity index (χ3v) is 4.58. The lowest BCUT2D eigenvalue weighted by atomic mass is 9.86. The van der Waals surface area contributed by atoms with Gasteiger partial charge in [-0.25, -0.2) is 0 Å². The molecule has 1 aromatic rings. The number of nitrogens with one attached hydrogen (secondary N) is 1. The summed E-state index contributed by atoms with van der Waals surface area (Å²) >= 11 is 1.82. The summed E-state index contributed by atoms with van der Waals surface area (Å²) in [5.41, 5.74) is 0. The van der Waals surface area contributed by atoms with E-state index in [1.54, 1.807) is 0 Å². The first kappa shape index (κ1) is 13.6. The quantitative estimate of drug-likeness (QED) is 0.833. The third-order valence-electron chi connectivity index (χ3n) is 3.65. The molecule has 1 aliphatic rings. The second-order valence-corrected chi connectivity index (χ2v) is 5.89. The van der Waals surface area contributed by atoms with Crippen molar-refractivity contribution >= 4 is 17.3 Å². The zero-order chi connectivity index (χ0) is 12.8. The van der Waals surface area contributed by atoms with Crippen LogP contribution in [0.15, 0.2) is 17.5 Å². The number of methoxy groups -OCH3 is 1. The Morgan fingerprint density at radius 2 is 2.22 bits per heavy atom. The second-order valence-electron chi connectivity index (χ2n) is 4.86. The maximum Gasteiger partial charge on any atom is 0.308 e. The molecular weight excluding hydrogens is 246 g/mol. The Labute approximate surface area is 113 Å². The molecule has 0 amide bonds. The molecule has 0 aromatic carbocycles. The summed E-state index contributed by atoms with van der Waals surface area (Å²) in [7, 11) is 1.48. The number of hydrogen-bond acceptors (Lipinski definition) is 4. The Bertz CT molecular complexity index is 356. The molecule has 1 heterocycles. The average Bonchev–Trinajstić information content (AvgIpc) is 2.92. The molecule has 4 heteroatoms. The van der Waals surface area contributed by atoms with E-state index in [0.29, 0.717) is 6.04 Å². The number of rotatable bonds is 5. The number of carbonyl (C=O) groups excluding carboxylic acids is 1. The zero-order valence-electron chi connectivity index (χ0n) is 10.9. The van der Waals surface area contributed by atoms with E-state index < -0.39 is 0 Å². The van der Waals surface area contributed by atoms with Gasteiger partial charge in [0.1, 0.15) is 0 Å². The van der Waals surface area contributed by atoms with Crippen molar-refractivity contribution in [1.29, 1.82) is 0 Å². The first-order chi connectivity index (χ1) is 8.79. The van der Waals surface area contributed by atoms with Crippen LogP contribution in [-0.2, 0) is 16.0 Å². The minimum atomic E-state index is -0.0352. The fraction of sp³-hybridized carbons (Fsp3) is 0.643. The van der Waals surface area contributed by atoms with Crippen LogP contribution >= 0.6 is 11.3 Å². The van der Waals surface area contributed by atoms with E-state index in [1.807, 2.05) is 11.3 Å². The van der Waals surface area contributed by atoms with Gasteiger partial charge >= 0.3 is 5.97 Å². The molecule has 0 saturated heterocycles. The molecule has 1 N–H and O–H groups in total. The van der Waals surface area contributed by atoms with Crippen molar-refractivity contribution in [3.63, 3.8) is 0 Å². The van der Waals surface area contributed by atoms with Crippen LogP contribution in [0.5, 0.6) is 0 Å². The summed E-state index contributed by atoms with van der Waals surface area (Å²) < 4.78 is 4.80. The molecule has 1 saturated carbocycles. The topological polar surface area (TPSA) is 38.3 Å². The van der Waals surface area contributed by atoms with Crippen molar-refractivity contribution in [2.45, 2.75) is 38.1 Å². The summed E-state index contributed by atoms with van der Waals surface area (Å²) in [6, 6.07) is 4.85. The molecule has 1 fully saturated rings. The van der Waals surface area contributed by atoms with Gasteiger partial charge in [0, 0.05) is 17.5 Å². The van der Waals surface area contributed by atoms with E-state index in [4.69, 9.17) is 4.74 Å². The Balaban J connectivity index is 1.63. The van der Waals surface area contributed by atoms with Crippen LogP contribution in [0.4, 0.5) is 0 Å². The molecule has 1 aliphatic carbocycles. The van der Waals surface area contributed by atoms with Gasteiger partial charge in [-0.2, -0.15) is 0 Å². The molecule has 0 unspecified atom stereocenters. The predicted octanol–water partition coefficient (Wildman–Crippen LogP) is 2.61. The molecule has 2 rings (SSSR count). The fourth-order valence-electron chi connectivity index (χ4n) is 2.55. The molecular formula is C14H21NO2S. The fourth-order valence-corrected chi connectivity index (χ4v) is 3.26. The summed E-state index contributed by atoms with van der Waals surface area (Å²) in [5.74, 6) is 0.0948. The molecule has 0 bridgehead atoms. The van der Waals surface area contributed by atoms with Crippen LogP contribution in [0.3, 0.4) is 0 Å². The maximum absolute atomic E-state index is 11.4. The van der Waals surface area contributed by atoms with E-state index in [1.165, 1.54) is 12.0 Å². The molecule has 1 aromatic heterocycles. The van der Waals surface area contributed by atoms with Gasteiger partial charge < -0.3 is 10.1 Å². The summed E-state index contributed by atoms with van der Waals surface area (Å²) in [5, 5.41) is 5.71. The Morgan fingerprint density at radius 3 is 2.83 bits per heavy atom. The van der Waals surface area contributed by atoms with Crippen molar-refractivity contribution in [3.8, 4) is 0 Å². The predicted molar refractivity (Wildman–Crippen MR) is 73.8 cm³/mol. The standard InChI is InChI=1S/C14H21NO2S/c1-17-14(16)11-4-6-12(7-5-11)15-9-8-13-3-2-10-18-13/h2-3,10-12,15H,4-9H2,1H3. The minimum absolute atomic E-state index is 0.0352. The Morgan fingerprint density at radius 1 is 1.44 bits per heavy atom. The summed E-state index contributed by atoms with van der Waals surface area (Å²) in [4.78, 5) is 12.8. The van der Waals surface area contributed by atoms with Crippen LogP contribution in [0.1, 0.15) is 30.6 Å². The monoisotopic (exact) mass is 267 g/mol. The van der Waals surface area contributed by atoms with Crippen LogP contribution in [-0.4, -0.2) is 25.7 Å². The highest BCUT2D eigenvalue weighted by atomic mass is 32.1. The first-order valence-corrected chi connectivity index (χ1v) is 7.51. The van der Waals surface area contributed by atoms with Crippen molar-refractivity contribution in [1.82, 2.24) is 5.32 Å². The Kier molecular flexibility index (Phi) is 5.20. The van der Waals surface area contributed by atoms with E-state index in [0.717, 1.165) is 38.6 Å². The number of thiophene rings is 1. The SMILES string of the molecule is COC(=O)C1CCC(NCCc2cccs2)CC1. The summed E-state index contributed by atoms with van der Waals surface area (Å²) in [6.45, 7) is 1.04. The Hall–Kier alpha value is -0.870. The number of hydrogen-bond donors (Lipinski definition) is 1. The highest BCUT2D eigenvalue weighted by molar-refractivity contribution is 7.09. The largest absolute Gasteiger partial charge is 0.469 e. The normalized spacial score (nSPS) is 23.8. The lowest BCUT2D eigenvalue weighted by Crippen LogP contribution is -2.36. The molecule has 100 valence electrons. The number of carbonyl (C=O) groups is 1. The van der Waals surface area contributed by atoms with Gasteiger partial charge in [0.25, 0.3) is 0 Å². The first-order valence-electron chi connectivity index (χ1n) is 6.63. The highest BCUT2D eigenvalue weighted by Crippen LogP contribution is 2.25. The number of ether oxygens (including phenoxy) is 1. The molecule has 0 atom stereocenters. The van der Waals surface area contributed by atoms with Crippen LogP contribution < -0.4 is 5.32 Å². The maximum atomic E-state index is 11.4. The van der Waals surface area contributed by atoms with Gasteiger partial charge in [-0.3, -0.25) is 4.79 Å². The average molecular weight is 267 g/mol. The van der Waals surface area contributed by atoms with Gasteiger partial charge in [-0.15, -0.1) is 11.3 Å². The van der Waals surface area contributed by atoms with Gasteiger partial charge in [0.05, 0.1) is 13.0 Å². The van der Waals surface area contributed by atoms with Crippen LogP contribution in [0.25, 0.3) is 0 Å². The van der Waals surface area contributed by atoms with Gasteiger partial charge in [-0.05, 0) is 43.6 Å². The molecule has 3 nitrogen and oxygen atoms in total. The van der Waals surface area contributed by atoms with E-state index in [2.05, 4.69) is 22.8 Å². The molecule has 18 heavy (non-hydrogen) atoms. The van der Waals surface area contributed by atoms with Crippen molar-refractivity contribution in [2.24, 2.45) is 5.92 Å². The van der Waals surface area contributed by atoms with E-state index >= 15 is 0 Å². The van der Waals surface area contributed by atoms with Gasteiger partial charge in [0.2, 0.25) is 0 Å². The summed E-state index contributed by atoms with van der Waals surface area (Å²) in [6.07, 6.45) is 5.20. The van der Waals surface area contributed by atoms with Crippen LogP contribution in [0.2, 0.25) is 0 Å². The smallest absolute Gasteiger partial charge is 0.308 e. The van der Waals surface area contributed by atoms with Crippen molar-refractivity contribution in [2.75, 3.05) is 13.7 Å². The zero-order valence-corrected chi connectivity index (χ0v) is 11.7. The third kappa shape index (κ3) is 3.82. The minimum Gasteiger partial charge on any atom is -0.469 e. The van der Waals surface area contributed by atoms with Crippen LogP contribution in [0, 0.1) is 5.92 Å².